The summed E-state index contributed by atoms with van der Waals surface area (Å²) >= 11 is 0. The predicted octanol–water partition coefficient (Wildman–Crippen LogP) is 4.79. The molecule has 0 atom stereocenters. The van der Waals surface area contributed by atoms with Gasteiger partial charge in [0.1, 0.15) is 5.69 Å². The van der Waals surface area contributed by atoms with Gasteiger partial charge in [0.05, 0.1) is 5.69 Å². The molecule has 0 aliphatic rings. The van der Waals surface area contributed by atoms with E-state index in [9.17, 15) is 9.90 Å². The van der Waals surface area contributed by atoms with Crippen LogP contribution in [0.5, 0.6) is 0 Å². The molecule has 3 aromatic rings. The number of carboxylic acids is 1. The Kier molecular flexibility index (Phi) is 4.94. The Bertz CT molecular complexity index is 888. The number of hydrogen-bond donors (Lipinski definition) is 1. The highest BCUT2D eigenvalue weighted by atomic mass is 16.4. The van der Waals surface area contributed by atoms with E-state index in [-0.39, 0.29) is 11.1 Å². The maximum atomic E-state index is 11.6. The van der Waals surface area contributed by atoms with E-state index in [1.165, 1.54) is 5.56 Å². The van der Waals surface area contributed by atoms with Crippen molar-refractivity contribution in [2.24, 2.45) is 0 Å². The predicted molar refractivity (Wildman–Crippen MR) is 103 cm³/mol. The Morgan fingerprint density at radius 3 is 2.27 bits per heavy atom. The molecule has 4 nitrogen and oxygen atoms in total. The number of aromatic carboxylic acids is 1. The van der Waals surface area contributed by atoms with Gasteiger partial charge < -0.3 is 5.11 Å². The third kappa shape index (κ3) is 4.02. The zero-order valence-electron chi connectivity index (χ0n) is 15.4. The smallest absolute Gasteiger partial charge is 0.354 e. The first kappa shape index (κ1) is 17.9. The minimum atomic E-state index is -0.955. The van der Waals surface area contributed by atoms with Crippen LogP contribution in [0.4, 0.5) is 0 Å². The molecule has 3 rings (SSSR count). The van der Waals surface area contributed by atoms with Gasteiger partial charge in [-0.2, -0.15) is 5.10 Å². The molecular formula is C22H24N2O2. The first-order valence-corrected chi connectivity index (χ1v) is 8.80. The molecule has 0 saturated carbocycles. The van der Waals surface area contributed by atoms with E-state index in [0.29, 0.717) is 12.2 Å². The van der Waals surface area contributed by atoms with E-state index < -0.39 is 5.97 Å². The van der Waals surface area contributed by atoms with Crippen LogP contribution in [0.3, 0.4) is 0 Å². The van der Waals surface area contributed by atoms with Gasteiger partial charge in [-0.05, 0) is 29.0 Å². The number of aromatic nitrogens is 2. The van der Waals surface area contributed by atoms with E-state index in [4.69, 9.17) is 0 Å². The van der Waals surface area contributed by atoms with E-state index in [2.05, 4.69) is 38.0 Å². The summed E-state index contributed by atoms with van der Waals surface area (Å²) in [6.45, 7) is 7.04. The number of carboxylic acid groups (broad SMARTS) is 1. The number of rotatable bonds is 5. The van der Waals surface area contributed by atoms with Gasteiger partial charge in [0.25, 0.3) is 0 Å². The zero-order valence-corrected chi connectivity index (χ0v) is 15.4. The fourth-order valence-corrected chi connectivity index (χ4v) is 2.92. The minimum Gasteiger partial charge on any atom is -0.477 e. The summed E-state index contributed by atoms with van der Waals surface area (Å²) in [6, 6.07) is 19.9. The quantitative estimate of drug-likeness (QED) is 0.721. The first-order valence-electron chi connectivity index (χ1n) is 8.80. The van der Waals surface area contributed by atoms with Crippen LogP contribution in [0.2, 0.25) is 0 Å². The van der Waals surface area contributed by atoms with Gasteiger partial charge in [0, 0.05) is 12.1 Å². The van der Waals surface area contributed by atoms with Gasteiger partial charge in [-0.25, -0.2) is 4.79 Å². The van der Waals surface area contributed by atoms with Crippen molar-refractivity contribution in [1.82, 2.24) is 9.78 Å². The highest BCUT2D eigenvalue weighted by molar-refractivity contribution is 5.87. The molecule has 0 fully saturated rings. The third-order valence-corrected chi connectivity index (χ3v) is 4.50. The van der Waals surface area contributed by atoms with Gasteiger partial charge in [0.2, 0.25) is 0 Å². The van der Waals surface area contributed by atoms with Crippen LogP contribution in [-0.4, -0.2) is 20.9 Å². The molecule has 0 amide bonds. The Hall–Kier alpha value is -2.88. The highest BCUT2D eigenvalue weighted by Gasteiger charge is 2.17. The van der Waals surface area contributed by atoms with Crippen LogP contribution in [0, 0.1) is 0 Å². The van der Waals surface area contributed by atoms with Crippen molar-refractivity contribution >= 4 is 5.97 Å². The molecule has 0 bridgehead atoms. The highest BCUT2D eigenvalue weighted by Crippen LogP contribution is 2.26. The molecule has 1 heterocycles. The Balaban J connectivity index is 1.86. The van der Waals surface area contributed by atoms with Gasteiger partial charge in [-0.15, -0.1) is 0 Å². The normalized spacial score (nSPS) is 11.5. The second-order valence-electron chi connectivity index (χ2n) is 7.51. The molecule has 0 radical (unpaired) electrons. The molecule has 26 heavy (non-hydrogen) atoms. The summed E-state index contributed by atoms with van der Waals surface area (Å²) in [6.07, 6.45) is 0.741. The maximum absolute atomic E-state index is 11.6. The molecule has 0 aliphatic carbocycles. The van der Waals surface area contributed by atoms with Gasteiger partial charge in [-0.1, -0.05) is 75.4 Å². The van der Waals surface area contributed by atoms with Crippen LogP contribution >= 0.6 is 0 Å². The van der Waals surface area contributed by atoms with Crippen molar-refractivity contribution in [3.8, 4) is 11.3 Å². The molecule has 0 spiro atoms. The van der Waals surface area contributed by atoms with E-state index >= 15 is 0 Å². The van der Waals surface area contributed by atoms with Crippen LogP contribution in [0.25, 0.3) is 11.3 Å². The maximum Gasteiger partial charge on any atom is 0.354 e. The lowest BCUT2D eigenvalue weighted by Crippen LogP contribution is -2.11. The molecule has 1 N–H and O–H groups in total. The van der Waals surface area contributed by atoms with Crippen LogP contribution < -0.4 is 0 Å². The monoisotopic (exact) mass is 348 g/mol. The molecule has 134 valence electrons. The third-order valence-electron chi connectivity index (χ3n) is 4.50. The van der Waals surface area contributed by atoms with Crippen molar-refractivity contribution < 1.29 is 9.90 Å². The van der Waals surface area contributed by atoms with Crippen molar-refractivity contribution in [2.45, 2.75) is 39.2 Å². The number of carbonyl (C=O) groups is 1. The van der Waals surface area contributed by atoms with E-state index in [1.807, 2.05) is 42.5 Å². The summed E-state index contributed by atoms with van der Waals surface area (Å²) < 4.78 is 1.59. The number of hydrogen-bond acceptors (Lipinski definition) is 2. The molecule has 0 unspecified atom stereocenters. The summed E-state index contributed by atoms with van der Waals surface area (Å²) in [7, 11) is 0. The van der Waals surface area contributed by atoms with E-state index in [1.54, 1.807) is 10.7 Å². The lowest BCUT2D eigenvalue weighted by molar-refractivity contribution is 0.0683. The second-order valence-corrected chi connectivity index (χ2v) is 7.51. The molecule has 0 aliphatic heterocycles. The van der Waals surface area contributed by atoms with Gasteiger partial charge in [0.15, 0.2) is 0 Å². The molecule has 0 saturated heterocycles. The second kappa shape index (κ2) is 7.16. The fourth-order valence-electron chi connectivity index (χ4n) is 2.92. The lowest BCUT2D eigenvalue weighted by atomic mass is 9.86. The molecule has 2 aromatic carbocycles. The Morgan fingerprint density at radius 2 is 1.69 bits per heavy atom. The number of nitrogens with zero attached hydrogens (tertiary/aromatic N) is 2. The zero-order chi connectivity index (χ0) is 18.7. The average Bonchev–Trinajstić information content (AvgIpc) is 3.05. The average molecular weight is 348 g/mol. The molecular weight excluding hydrogens is 324 g/mol. The molecule has 4 heteroatoms. The van der Waals surface area contributed by atoms with Crippen molar-refractivity contribution in [2.75, 3.05) is 0 Å². The SMILES string of the molecule is CC(C)(C)c1ccc(-c2cc(C(=O)O)n(CCc3ccccc3)n2)cc1. The largest absolute Gasteiger partial charge is 0.477 e. The summed E-state index contributed by atoms with van der Waals surface area (Å²) in [4.78, 5) is 11.6. The summed E-state index contributed by atoms with van der Waals surface area (Å²) in [5.41, 5.74) is 4.32. The molecule has 1 aromatic heterocycles. The summed E-state index contributed by atoms with van der Waals surface area (Å²) in [5, 5.41) is 14.1. The Labute approximate surface area is 154 Å². The van der Waals surface area contributed by atoms with Crippen molar-refractivity contribution in [1.29, 1.82) is 0 Å². The number of benzene rings is 2. The fraction of sp³-hybridized carbons (Fsp3) is 0.273. The standard InChI is InChI=1S/C22H24N2O2/c1-22(2,3)18-11-9-17(10-12-18)19-15-20(21(25)26)24(23-19)14-13-16-7-5-4-6-8-16/h4-12,15H,13-14H2,1-3H3,(H,25,26). The van der Waals surface area contributed by atoms with Gasteiger partial charge in [-0.3, -0.25) is 4.68 Å². The van der Waals surface area contributed by atoms with Crippen LogP contribution in [-0.2, 0) is 18.4 Å². The van der Waals surface area contributed by atoms with Crippen LogP contribution in [0.1, 0.15) is 42.4 Å². The van der Waals surface area contributed by atoms with Gasteiger partial charge >= 0.3 is 5.97 Å². The topological polar surface area (TPSA) is 55.1 Å². The van der Waals surface area contributed by atoms with Crippen LogP contribution in [0.15, 0.2) is 60.7 Å². The summed E-state index contributed by atoms with van der Waals surface area (Å²) in [5.74, 6) is -0.955. The number of aryl methyl sites for hydroxylation is 2. The van der Waals surface area contributed by atoms with Crippen molar-refractivity contribution in [3.05, 3.63) is 77.5 Å². The lowest BCUT2D eigenvalue weighted by Gasteiger charge is -2.18. The first-order chi connectivity index (χ1) is 12.3. The Morgan fingerprint density at radius 1 is 1.04 bits per heavy atom. The van der Waals surface area contributed by atoms with Crippen molar-refractivity contribution in [3.63, 3.8) is 0 Å². The van der Waals surface area contributed by atoms with E-state index in [0.717, 1.165) is 17.5 Å². The minimum absolute atomic E-state index is 0.0831.